The molecule has 4 rings (SSSR count). The van der Waals surface area contributed by atoms with Crippen LogP contribution in [0.3, 0.4) is 0 Å². The van der Waals surface area contributed by atoms with E-state index < -0.39 is 0 Å². The van der Waals surface area contributed by atoms with Crippen molar-refractivity contribution in [1.82, 2.24) is 15.1 Å². The van der Waals surface area contributed by atoms with Crippen molar-refractivity contribution in [2.45, 2.75) is 38.3 Å². The Morgan fingerprint density at radius 3 is 2.41 bits per heavy atom. The van der Waals surface area contributed by atoms with E-state index >= 15 is 0 Å². The molecule has 2 aliphatic heterocycles. The van der Waals surface area contributed by atoms with Crippen molar-refractivity contribution in [1.29, 1.82) is 0 Å². The minimum Gasteiger partial charge on any atom is -0.334 e. The fourth-order valence-electron chi connectivity index (χ4n) is 4.29. The molecule has 0 saturated carbocycles. The van der Waals surface area contributed by atoms with E-state index in [4.69, 9.17) is 0 Å². The summed E-state index contributed by atoms with van der Waals surface area (Å²) in [5, 5.41) is 3.15. The Morgan fingerprint density at radius 2 is 1.63 bits per heavy atom. The summed E-state index contributed by atoms with van der Waals surface area (Å²) < 4.78 is 0. The number of urea groups is 1. The minimum absolute atomic E-state index is 0.0596. The van der Waals surface area contributed by atoms with Gasteiger partial charge in [0.15, 0.2) is 0 Å². The van der Waals surface area contributed by atoms with Gasteiger partial charge in [-0.05, 0) is 49.0 Å². The summed E-state index contributed by atoms with van der Waals surface area (Å²) in [4.78, 5) is 17.1. The Morgan fingerprint density at radius 1 is 0.926 bits per heavy atom. The van der Waals surface area contributed by atoms with Gasteiger partial charge in [-0.25, -0.2) is 4.79 Å². The summed E-state index contributed by atoms with van der Waals surface area (Å²) in [6.45, 7) is 5.62. The van der Waals surface area contributed by atoms with Crippen LogP contribution in [-0.2, 0) is 13.1 Å². The molecule has 2 saturated heterocycles. The summed E-state index contributed by atoms with van der Waals surface area (Å²) in [5.74, 6) is 0.458. The van der Waals surface area contributed by atoms with Gasteiger partial charge in [0.05, 0.1) is 0 Å². The molecule has 0 aromatic heterocycles. The number of hydrogen-bond donors (Lipinski definition) is 1. The van der Waals surface area contributed by atoms with Crippen LogP contribution < -0.4 is 5.32 Å². The molecule has 2 fully saturated rings. The first-order valence-electron chi connectivity index (χ1n) is 10.2. The first-order valence-corrected chi connectivity index (χ1v) is 10.2. The van der Waals surface area contributed by atoms with Crippen LogP contribution in [0.5, 0.6) is 0 Å². The number of rotatable bonds is 5. The number of hydrogen-bond acceptors (Lipinski definition) is 2. The van der Waals surface area contributed by atoms with Crippen LogP contribution in [0.25, 0.3) is 0 Å². The minimum atomic E-state index is 0.0596. The Hall–Kier alpha value is -2.33. The van der Waals surface area contributed by atoms with Crippen LogP contribution in [0.1, 0.15) is 41.9 Å². The quantitative estimate of drug-likeness (QED) is 0.872. The molecule has 0 aliphatic carbocycles. The molecule has 1 atom stereocenters. The second kappa shape index (κ2) is 8.57. The van der Waals surface area contributed by atoms with Crippen molar-refractivity contribution in [3.8, 4) is 0 Å². The molecular formula is C23H29N3O. The second-order valence-corrected chi connectivity index (χ2v) is 7.75. The van der Waals surface area contributed by atoms with Gasteiger partial charge in [-0.1, -0.05) is 54.6 Å². The molecule has 2 aromatic carbocycles. The highest BCUT2D eigenvalue weighted by molar-refractivity contribution is 5.74. The molecule has 0 unspecified atom stereocenters. The maximum Gasteiger partial charge on any atom is 0.317 e. The first-order chi connectivity index (χ1) is 13.3. The number of amides is 2. The molecule has 2 aromatic rings. The van der Waals surface area contributed by atoms with Crippen molar-refractivity contribution in [2.75, 3.05) is 26.2 Å². The molecule has 0 spiro atoms. The lowest BCUT2D eigenvalue weighted by Crippen LogP contribution is -2.38. The zero-order valence-corrected chi connectivity index (χ0v) is 15.9. The zero-order valence-electron chi connectivity index (χ0n) is 15.9. The van der Waals surface area contributed by atoms with Gasteiger partial charge in [-0.2, -0.15) is 0 Å². The van der Waals surface area contributed by atoms with E-state index in [1.54, 1.807) is 0 Å². The van der Waals surface area contributed by atoms with Gasteiger partial charge in [-0.15, -0.1) is 0 Å². The predicted octanol–water partition coefficient (Wildman–Crippen LogP) is 3.98. The molecule has 1 N–H and O–H groups in total. The number of carbonyl (C=O) groups excluding carboxylic acids is 1. The van der Waals surface area contributed by atoms with E-state index in [0.29, 0.717) is 12.5 Å². The number of nitrogens with zero attached hydrogens (tertiary/aromatic N) is 2. The van der Waals surface area contributed by atoms with Crippen molar-refractivity contribution in [3.05, 3.63) is 71.3 Å². The topological polar surface area (TPSA) is 35.6 Å². The summed E-state index contributed by atoms with van der Waals surface area (Å²) in [7, 11) is 0. The third-order valence-electron chi connectivity index (χ3n) is 5.89. The number of likely N-dealkylation sites (tertiary alicyclic amines) is 2. The molecule has 142 valence electrons. The fraction of sp³-hybridized carbons (Fsp3) is 0.435. The summed E-state index contributed by atoms with van der Waals surface area (Å²) in [6.07, 6.45) is 3.65. The van der Waals surface area contributed by atoms with Crippen molar-refractivity contribution >= 4 is 6.03 Å². The summed E-state index contributed by atoms with van der Waals surface area (Å²) in [5.41, 5.74) is 3.91. The third-order valence-corrected chi connectivity index (χ3v) is 5.89. The van der Waals surface area contributed by atoms with Gasteiger partial charge in [0, 0.05) is 32.1 Å². The highest BCUT2D eigenvalue weighted by Crippen LogP contribution is 2.27. The normalized spacial score (nSPS) is 20.1. The SMILES string of the molecule is O=C(NCc1ccccc1CN1CCCC1)N1CC[C@@H](c2ccccc2)C1. The third kappa shape index (κ3) is 4.51. The van der Waals surface area contributed by atoms with Gasteiger partial charge in [0.25, 0.3) is 0 Å². The second-order valence-electron chi connectivity index (χ2n) is 7.75. The van der Waals surface area contributed by atoms with Crippen molar-refractivity contribution in [3.63, 3.8) is 0 Å². The highest BCUT2D eigenvalue weighted by atomic mass is 16.2. The molecule has 2 heterocycles. The van der Waals surface area contributed by atoms with E-state index in [1.165, 1.54) is 42.6 Å². The van der Waals surface area contributed by atoms with Gasteiger partial charge in [0.2, 0.25) is 0 Å². The number of nitrogens with one attached hydrogen (secondary N) is 1. The zero-order chi connectivity index (χ0) is 18.5. The van der Waals surface area contributed by atoms with E-state index in [0.717, 1.165) is 26.1 Å². The van der Waals surface area contributed by atoms with Gasteiger partial charge in [-0.3, -0.25) is 4.90 Å². The maximum absolute atomic E-state index is 12.7. The molecule has 4 nitrogen and oxygen atoms in total. The average molecular weight is 364 g/mol. The van der Waals surface area contributed by atoms with Crippen LogP contribution in [0.2, 0.25) is 0 Å². The Kier molecular flexibility index (Phi) is 5.73. The van der Waals surface area contributed by atoms with Crippen LogP contribution in [0, 0.1) is 0 Å². The summed E-state index contributed by atoms with van der Waals surface area (Å²) >= 11 is 0. The fourth-order valence-corrected chi connectivity index (χ4v) is 4.29. The smallest absolute Gasteiger partial charge is 0.317 e. The van der Waals surface area contributed by atoms with E-state index in [9.17, 15) is 4.79 Å². The van der Waals surface area contributed by atoms with Gasteiger partial charge < -0.3 is 10.2 Å². The molecule has 0 radical (unpaired) electrons. The Labute approximate surface area is 162 Å². The van der Waals surface area contributed by atoms with Gasteiger partial charge >= 0.3 is 6.03 Å². The van der Waals surface area contributed by atoms with Crippen LogP contribution >= 0.6 is 0 Å². The Bertz CT molecular complexity index is 755. The van der Waals surface area contributed by atoms with E-state index in [-0.39, 0.29) is 6.03 Å². The molecule has 0 bridgehead atoms. The first kappa shape index (κ1) is 18.1. The average Bonchev–Trinajstić information content (AvgIpc) is 3.40. The number of carbonyl (C=O) groups is 1. The number of benzene rings is 2. The van der Waals surface area contributed by atoms with E-state index in [2.05, 4.69) is 58.7 Å². The predicted molar refractivity (Wildman–Crippen MR) is 109 cm³/mol. The largest absolute Gasteiger partial charge is 0.334 e. The van der Waals surface area contributed by atoms with Crippen LogP contribution in [-0.4, -0.2) is 42.0 Å². The Balaban J connectivity index is 1.32. The molecule has 2 amide bonds. The molecule has 2 aliphatic rings. The van der Waals surface area contributed by atoms with Crippen molar-refractivity contribution in [2.24, 2.45) is 0 Å². The van der Waals surface area contributed by atoms with Gasteiger partial charge in [0.1, 0.15) is 0 Å². The lowest BCUT2D eigenvalue weighted by atomic mass is 9.99. The van der Waals surface area contributed by atoms with Crippen molar-refractivity contribution < 1.29 is 4.79 Å². The van der Waals surface area contributed by atoms with Crippen LogP contribution in [0.15, 0.2) is 54.6 Å². The highest BCUT2D eigenvalue weighted by Gasteiger charge is 2.27. The lowest BCUT2D eigenvalue weighted by molar-refractivity contribution is 0.207. The lowest BCUT2D eigenvalue weighted by Gasteiger charge is -2.20. The standard InChI is InChI=1S/C23H29N3O/c27-23(26-15-12-22(18-26)19-8-2-1-3-9-19)24-16-20-10-4-5-11-21(20)17-25-13-6-7-14-25/h1-5,8-11,22H,6-7,12-18H2,(H,24,27)/t22-/m1/s1. The van der Waals surface area contributed by atoms with Crippen LogP contribution in [0.4, 0.5) is 4.79 Å². The molecule has 4 heteroatoms. The summed E-state index contributed by atoms with van der Waals surface area (Å²) in [6, 6.07) is 19.1. The maximum atomic E-state index is 12.7. The monoisotopic (exact) mass is 363 g/mol. The molecule has 27 heavy (non-hydrogen) atoms. The molecular weight excluding hydrogens is 334 g/mol. The van der Waals surface area contributed by atoms with E-state index in [1.807, 2.05) is 11.0 Å².